The first-order chi connectivity index (χ1) is 12.0. The van der Waals surface area contributed by atoms with Gasteiger partial charge in [-0.3, -0.25) is 0 Å². The second-order valence-electron chi connectivity index (χ2n) is 6.11. The fraction of sp³-hybridized carbons (Fsp3) is 0.381. The molecule has 0 aliphatic rings. The first-order valence-corrected chi connectivity index (χ1v) is 8.68. The highest BCUT2D eigenvalue weighted by Crippen LogP contribution is 2.31. The van der Waals surface area contributed by atoms with Crippen LogP contribution in [0.5, 0.6) is 17.2 Å². The fourth-order valence-corrected chi connectivity index (χ4v) is 2.54. The highest BCUT2D eigenvalue weighted by Gasteiger charge is 2.16. The van der Waals surface area contributed by atoms with Crippen LogP contribution < -0.4 is 14.2 Å². The van der Waals surface area contributed by atoms with Gasteiger partial charge in [0.25, 0.3) is 0 Å². The topological polar surface area (TPSA) is 44.8 Å². The lowest BCUT2D eigenvalue weighted by molar-refractivity contribution is 0.0732. The van der Waals surface area contributed by atoms with Crippen molar-refractivity contribution in [2.75, 3.05) is 13.2 Å². The summed E-state index contributed by atoms with van der Waals surface area (Å²) in [5.41, 5.74) is 2.49. The summed E-state index contributed by atoms with van der Waals surface area (Å²) in [6.07, 6.45) is 0. The molecule has 2 aromatic carbocycles. The molecule has 0 bridgehead atoms. The van der Waals surface area contributed by atoms with Gasteiger partial charge in [0.15, 0.2) is 11.5 Å². The van der Waals surface area contributed by atoms with Crippen molar-refractivity contribution < 1.29 is 19.0 Å². The lowest BCUT2D eigenvalue weighted by Gasteiger charge is -2.15. The molecule has 0 N–H and O–H groups in total. The Labute approximate surface area is 149 Å². The van der Waals surface area contributed by atoms with Gasteiger partial charge in [-0.05, 0) is 62.1 Å². The minimum atomic E-state index is -0.406. The van der Waals surface area contributed by atoms with Crippen LogP contribution in [0.1, 0.15) is 55.1 Å². The number of benzene rings is 2. The van der Waals surface area contributed by atoms with E-state index in [-0.39, 0.29) is 5.92 Å². The van der Waals surface area contributed by atoms with Gasteiger partial charge >= 0.3 is 5.97 Å². The van der Waals surface area contributed by atoms with Crippen LogP contribution in [-0.2, 0) is 0 Å². The summed E-state index contributed by atoms with van der Waals surface area (Å²) in [5.74, 6) is 1.64. The highest BCUT2D eigenvalue weighted by atomic mass is 16.5. The van der Waals surface area contributed by atoms with Gasteiger partial charge in [-0.1, -0.05) is 26.0 Å². The Morgan fingerprint density at radius 1 is 0.920 bits per heavy atom. The van der Waals surface area contributed by atoms with Crippen LogP contribution in [0, 0.1) is 6.92 Å². The minimum Gasteiger partial charge on any atom is -0.490 e. The van der Waals surface area contributed by atoms with Crippen molar-refractivity contribution >= 4 is 5.97 Å². The zero-order valence-corrected chi connectivity index (χ0v) is 15.6. The van der Waals surface area contributed by atoms with Crippen molar-refractivity contribution in [3.8, 4) is 17.2 Å². The minimum absolute atomic E-state index is 0.266. The summed E-state index contributed by atoms with van der Waals surface area (Å²) < 4.78 is 16.8. The molecule has 0 saturated carbocycles. The van der Waals surface area contributed by atoms with E-state index in [2.05, 4.69) is 13.8 Å². The monoisotopic (exact) mass is 342 g/mol. The molecule has 0 saturated heterocycles. The molecule has 2 aromatic rings. The predicted molar refractivity (Wildman–Crippen MR) is 99.0 cm³/mol. The van der Waals surface area contributed by atoms with Crippen LogP contribution in [0.15, 0.2) is 36.4 Å². The van der Waals surface area contributed by atoms with Crippen molar-refractivity contribution in [3.05, 3.63) is 53.1 Å². The Morgan fingerprint density at radius 2 is 1.60 bits per heavy atom. The molecule has 0 amide bonds. The lowest BCUT2D eigenvalue weighted by Crippen LogP contribution is -2.11. The largest absolute Gasteiger partial charge is 0.490 e. The Kier molecular flexibility index (Phi) is 6.45. The van der Waals surface area contributed by atoms with Gasteiger partial charge in [-0.15, -0.1) is 0 Å². The van der Waals surface area contributed by atoms with Gasteiger partial charge in [0.2, 0.25) is 0 Å². The number of esters is 1. The van der Waals surface area contributed by atoms with Gasteiger partial charge in [-0.25, -0.2) is 4.79 Å². The van der Waals surface area contributed by atoms with E-state index in [9.17, 15) is 4.79 Å². The highest BCUT2D eigenvalue weighted by molar-refractivity contribution is 5.92. The van der Waals surface area contributed by atoms with E-state index in [0.29, 0.717) is 36.0 Å². The van der Waals surface area contributed by atoms with Crippen molar-refractivity contribution in [2.24, 2.45) is 0 Å². The molecule has 2 rings (SSSR count). The van der Waals surface area contributed by atoms with Crippen LogP contribution in [0.25, 0.3) is 0 Å². The molecular formula is C21H26O4. The van der Waals surface area contributed by atoms with Gasteiger partial charge in [0.1, 0.15) is 5.75 Å². The lowest BCUT2D eigenvalue weighted by atomic mass is 10.0. The molecule has 25 heavy (non-hydrogen) atoms. The smallest absolute Gasteiger partial charge is 0.343 e. The molecule has 0 unspecified atom stereocenters. The maximum absolute atomic E-state index is 12.6. The van der Waals surface area contributed by atoms with Crippen molar-refractivity contribution in [1.29, 1.82) is 0 Å². The van der Waals surface area contributed by atoms with E-state index in [1.165, 1.54) is 0 Å². The molecule has 0 radical (unpaired) electrons. The van der Waals surface area contributed by atoms with Gasteiger partial charge in [0, 0.05) is 0 Å². The van der Waals surface area contributed by atoms with Crippen LogP contribution in [0.3, 0.4) is 0 Å². The fourth-order valence-electron chi connectivity index (χ4n) is 2.54. The van der Waals surface area contributed by atoms with Crippen LogP contribution in [0.4, 0.5) is 0 Å². The molecule has 0 aliphatic carbocycles. The number of hydrogen-bond acceptors (Lipinski definition) is 4. The molecule has 0 fully saturated rings. The Hall–Kier alpha value is -2.49. The van der Waals surface area contributed by atoms with Gasteiger partial charge in [-0.2, -0.15) is 0 Å². The van der Waals surface area contributed by atoms with E-state index in [0.717, 1.165) is 11.1 Å². The molecule has 134 valence electrons. The molecule has 0 aliphatic heterocycles. The average molecular weight is 342 g/mol. The van der Waals surface area contributed by atoms with Crippen molar-refractivity contribution in [1.82, 2.24) is 0 Å². The van der Waals surface area contributed by atoms with E-state index in [4.69, 9.17) is 14.2 Å². The molecule has 4 nitrogen and oxygen atoms in total. The van der Waals surface area contributed by atoms with E-state index < -0.39 is 5.97 Å². The van der Waals surface area contributed by atoms with E-state index >= 15 is 0 Å². The Morgan fingerprint density at radius 3 is 2.24 bits per heavy atom. The summed E-state index contributed by atoms with van der Waals surface area (Å²) in [6, 6.07) is 11.0. The van der Waals surface area contributed by atoms with Gasteiger partial charge < -0.3 is 14.2 Å². The zero-order valence-electron chi connectivity index (χ0n) is 15.6. The first kappa shape index (κ1) is 18.8. The third kappa shape index (κ3) is 4.75. The predicted octanol–water partition coefficient (Wildman–Crippen LogP) is 5.14. The molecule has 0 atom stereocenters. The molecule has 4 heteroatoms. The number of rotatable bonds is 7. The number of ether oxygens (including phenoxy) is 3. The molecule has 0 spiro atoms. The first-order valence-electron chi connectivity index (χ1n) is 8.68. The van der Waals surface area contributed by atoms with E-state index in [1.54, 1.807) is 18.2 Å². The maximum atomic E-state index is 12.6. The standard InChI is InChI=1S/C21H26O4/c1-6-23-18-11-9-16(13-20(18)24-7-2)21(22)25-19-12-15(5)8-10-17(19)14(3)4/h8-14H,6-7H2,1-5H3. The summed E-state index contributed by atoms with van der Waals surface area (Å²) in [6.45, 7) is 11.0. The summed E-state index contributed by atoms with van der Waals surface area (Å²) in [4.78, 5) is 12.6. The third-order valence-electron chi connectivity index (χ3n) is 3.77. The van der Waals surface area contributed by atoms with Crippen LogP contribution >= 0.6 is 0 Å². The number of aryl methyl sites for hydroxylation is 1. The Bertz CT molecular complexity index is 735. The SMILES string of the molecule is CCOc1ccc(C(=O)Oc2cc(C)ccc2C(C)C)cc1OCC. The summed E-state index contributed by atoms with van der Waals surface area (Å²) in [5, 5.41) is 0. The number of hydrogen-bond donors (Lipinski definition) is 0. The van der Waals surface area contributed by atoms with Crippen LogP contribution in [-0.4, -0.2) is 19.2 Å². The van der Waals surface area contributed by atoms with Gasteiger partial charge in [0.05, 0.1) is 18.8 Å². The van der Waals surface area contributed by atoms with Crippen molar-refractivity contribution in [3.63, 3.8) is 0 Å². The molecular weight excluding hydrogens is 316 g/mol. The number of carbonyl (C=O) groups is 1. The Balaban J connectivity index is 2.29. The quantitative estimate of drug-likeness (QED) is 0.516. The van der Waals surface area contributed by atoms with Crippen molar-refractivity contribution in [2.45, 2.75) is 40.5 Å². The summed E-state index contributed by atoms with van der Waals surface area (Å²) in [7, 11) is 0. The summed E-state index contributed by atoms with van der Waals surface area (Å²) >= 11 is 0. The van der Waals surface area contributed by atoms with E-state index in [1.807, 2.05) is 39.0 Å². The van der Waals surface area contributed by atoms with Crippen LogP contribution in [0.2, 0.25) is 0 Å². The maximum Gasteiger partial charge on any atom is 0.343 e. The second-order valence-corrected chi connectivity index (χ2v) is 6.11. The molecule has 0 aromatic heterocycles. The number of carbonyl (C=O) groups excluding carboxylic acids is 1. The average Bonchev–Trinajstić information content (AvgIpc) is 2.56. The second kappa shape index (κ2) is 8.56. The molecule has 0 heterocycles. The normalized spacial score (nSPS) is 10.6. The zero-order chi connectivity index (χ0) is 18.4. The third-order valence-corrected chi connectivity index (χ3v) is 3.77.